The third kappa shape index (κ3) is 1.24. The highest BCUT2D eigenvalue weighted by Crippen LogP contribution is 2.26. The molecule has 2 rings (SSSR count). The van der Waals surface area contributed by atoms with Crippen LogP contribution < -0.4 is 0 Å². The molecule has 0 radical (unpaired) electrons. The Bertz CT molecular complexity index is 342. The first-order chi connectivity index (χ1) is 5.75. The van der Waals surface area contributed by atoms with E-state index in [9.17, 15) is 4.39 Å². The SMILES string of the molecule is CC1=Nc2ccc(F)cc2CC1. The standard InChI is InChI=1S/C10H10FN/c1-7-2-3-8-6-9(11)4-5-10(8)12-7/h4-6H,2-3H2,1H3. The van der Waals surface area contributed by atoms with Gasteiger partial charge in [-0.1, -0.05) is 0 Å². The first-order valence-electron chi connectivity index (χ1n) is 4.08. The molecule has 1 nitrogen and oxygen atoms in total. The van der Waals surface area contributed by atoms with Crippen molar-refractivity contribution < 1.29 is 4.39 Å². The molecule has 1 aliphatic heterocycles. The number of rotatable bonds is 0. The van der Waals surface area contributed by atoms with Crippen LogP contribution in [0.2, 0.25) is 0 Å². The van der Waals surface area contributed by atoms with Crippen molar-refractivity contribution in [1.29, 1.82) is 0 Å². The maximum atomic E-state index is 12.7. The molecular formula is C10H10FN. The van der Waals surface area contributed by atoms with Gasteiger partial charge in [-0.05, 0) is 43.5 Å². The fourth-order valence-corrected chi connectivity index (χ4v) is 1.44. The van der Waals surface area contributed by atoms with Gasteiger partial charge in [0.25, 0.3) is 0 Å². The molecule has 0 unspecified atom stereocenters. The van der Waals surface area contributed by atoms with Crippen LogP contribution in [0.1, 0.15) is 18.9 Å². The van der Waals surface area contributed by atoms with E-state index in [2.05, 4.69) is 4.99 Å². The Hall–Kier alpha value is -1.18. The molecule has 1 aromatic carbocycles. The predicted octanol–water partition coefficient (Wildman–Crippen LogP) is 2.86. The summed E-state index contributed by atoms with van der Waals surface area (Å²) in [5.41, 5.74) is 3.09. The molecule has 0 bridgehead atoms. The number of benzene rings is 1. The third-order valence-electron chi connectivity index (χ3n) is 2.11. The molecule has 0 saturated carbocycles. The summed E-state index contributed by atoms with van der Waals surface area (Å²) in [6, 6.07) is 4.78. The zero-order chi connectivity index (χ0) is 8.55. The molecule has 1 heterocycles. The molecule has 1 aliphatic rings. The minimum Gasteiger partial charge on any atom is -0.258 e. The Morgan fingerprint density at radius 1 is 1.33 bits per heavy atom. The quantitative estimate of drug-likeness (QED) is 0.557. The number of nitrogens with zero attached hydrogens (tertiary/aromatic N) is 1. The average Bonchev–Trinajstić information content (AvgIpc) is 2.05. The van der Waals surface area contributed by atoms with E-state index in [0.29, 0.717) is 0 Å². The van der Waals surface area contributed by atoms with Crippen LogP contribution in [0.15, 0.2) is 23.2 Å². The summed E-state index contributed by atoms with van der Waals surface area (Å²) < 4.78 is 12.7. The summed E-state index contributed by atoms with van der Waals surface area (Å²) in [6.07, 6.45) is 1.87. The molecule has 1 aromatic rings. The maximum Gasteiger partial charge on any atom is 0.123 e. The summed E-state index contributed by atoms with van der Waals surface area (Å²) in [7, 11) is 0. The molecule has 0 amide bonds. The van der Waals surface area contributed by atoms with E-state index in [1.165, 1.54) is 6.07 Å². The lowest BCUT2D eigenvalue weighted by molar-refractivity contribution is 0.625. The van der Waals surface area contributed by atoms with Crippen LogP contribution in [-0.2, 0) is 6.42 Å². The third-order valence-corrected chi connectivity index (χ3v) is 2.11. The summed E-state index contributed by atoms with van der Waals surface area (Å²) in [5, 5.41) is 0. The van der Waals surface area contributed by atoms with Gasteiger partial charge in [-0.2, -0.15) is 0 Å². The molecule has 0 fully saturated rings. The van der Waals surface area contributed by atoms with E-state index < -0.39 is 0 Å². The number of fused-ring (bicyclic) bond motifs is 1. The van der Waals surface area contributed by atoms with Crippen molar-refractivity contribution in [2.75, 3.05) is 0 Å². The first-order valence-corrected chi connectivity index (χ1v) is 4.08. The van der Waals surface area contributed by atoms with Crippen molar-refractivity contribution in [3.8, 4) is 0 Å². The Kier molecular flexibility index (Phi) is 1.68. The Labute approximate surface area is 70.9 Å². The molecular weight excluding hydrogens is 153 g/mol. The Morgan fingerprint density at radius 2 is 2.17 bits per heavy atom. The number of aliphatic imine (C=N–C) groups is 1. The number of hydrogen-bond donors (Lipinski definition) is 0. The number of halogens is 1. The molecule has 0 atom stereocenters. The molecule has 2 heteroatoms. The Balaban J connectivity index is 2.51. The smallest absolute Gasteiger partial charge is 0.123 e. The van der Waals surface area contributed by atoms with E-state index in [4.69, 9.17) is 0 Å². The van der Waals surface area contributed by atoms with Crippen molar-refractivity contribution >= 4 is 11.4 Å². The van der Waals surface area contributed by atoms with E-state index in [0.717, 1.165) is 29.8 Å². The van der Waals surface area contributed by atoms with Crippen molar-refractivity contribution in [2.24, 2.45) is 4.99 Å². The summed E-state index contributed by atoms with van der Waals surface area (Å²) >= 11 is 0. The molecule has 0 saturated heterocycles. The number of hydrogen-bond acceptors (Lipinski definition) is 1. The molecule has 62 valence electrons. The van der Waals surface area contributed by atoms with Crippen molar-refractivity contribution in [2.45, 2.75) is 19.8 Å². The monoisotopic (exact) mass is 163 g/mol. The average molecular weight is 163 g/mol. The van der Waals surface area contributed by atoms with Gasteiger partial charge in [0.05, 0.1) is 5.69 Å². The second-order valence-corrected chi connectivity index (χ2v) is 3.12. The maximum absolute atomic E-state index is 12.7. The van der Waals surface area contributed by atoms with Crippen LogP contribution >= 0.6 is 0 Å². The second kappa shape index (κ2) is 2.70. The van der Waals surface area contributed by atoms with Gasteiger partial charge in [-0.3, -0.25) is 4.99 Å². The molecule has 0 aliphatic carbocycles. The minimum atomic E-state index is -0.163. The lowest BCUT2D eigenvalue weighted by Gasteiger charge is -2.12. The first kappa shape index (κ1) is 7.47. The Morgan fingerprint density at radius 3 is 3.00 bits per heavy atom. The molecule has 0 N–H and O–H groups in total. The number of aryl methyl sites for hydroxylation is 1. The summed E-state index contributed by atoms with van der Waals surface area (Å²) in [5.74, 6) is -0.163. The molecule has 0 spiro atoms. The highest BCUT2D eigenvalue weighted by atomic mass is 19.1. The van der Waals surface area contributed by atoms with Gasteiger partial charge < -0.3 is 0 Å². The zero-order valence-electron chi connectivity index (χ0n) is 6.97. The second-order valence-electron chi connectivity index (χ2n) is 3.12. The normalized spacial score (nSPS) is 15.3. The van der Waals surface area contributed by atoms with Crippen molar-refractivity contribution in [3.05, 3.63) is 29.6 Å². The van der Waals surface area contributed by atoms with E-state index in [1.54, 1.807) is 12.1 Å². The van der Waals surface area contributed by atoms with E-state index >= 15 is 0 Å². The van der Waals surface area contributed by atoms with Crippen LogP contribution in [0.3, 0.4) is 0 Å². The highest BCUT2D eigenvalue weighted by molar-refractivity contribution is 5.86. The van der Waals surface area contributed by atoms with Crippen LogP contribution in [-0.4, -0.2) is 5.71 Å². The van der Waals surface area contributed by atoms with E-state index in [-0.39, 0.29) is 5.82 Å². The molecule has 0 aromatic heterocycles. The summed E-state index contributed by atoms with van der Waals surface area (Å²) in [4.78, 5) is 4.34. The largest absolute Gasteiger partial charge is 0.258 e. The zero-order valence-corrected chi connectivity index (χ0v) is 6.97. The molecule has 12 heavy (non-hydrogen) atoms. The minimum absolute atomic E-state index is 0.163. The van der Waals surface area contributed by atoms with Crippen molar-refractivity contribution in [1.82, 2.24) is 0 Å². The van der Waals surface area contributed by atoms with Crippen molar-refractivity contribution in [3.63, 3.8) is 0 Å². The van der Waals surface area contributed by atoms with Crippen LogP contribution in [0, 0.1) is 5.82 Å². The van der Waals surface area contributed by atoms with Gasteiger partial charge in [-0.15, -0.1) is 0 Å². The fraction of sp³-hybridized carbons (Fsp3) is 0.300. The van der Waals surface area contributed by atoms with Gasteiger partial charge in [0.15, 0.2) is 0 Å². The van der Waals surface area contributed by atoms with Crippen LogP contribution in [0.4, 0.5) is 10.1 Å². The lowest BCUT2D eigenvalue weighted by Crippen LogP contribution is -2.01. The van der Waals surface area contributed by atoms with Gasteiger partial charge in [0.2, 0.25) is 0 Å². The fourth-order valence-electron chi connectivity index (χ4n) is 1.44. The van der Waals surface area contributed by atoms with Crippen LogP contribution in [0.25, 0.3) is 0 Å². The lowest BCUT2D eigenvalue weighted by atomic mass is 10.0. The van der Waals surface area contributed by atoms with Gasteiger partial charge in [0.1, 0.15) is 5.82 Å². The van der Waals surface area contributed by atoms with Gasteiger partial charge >= 0.3 is 0 Å². The van der Waals surface area contributed by atoms with E-state index in [1.807, 2.05) is 6.92 Å². The summed E-state index contributed by atoms with van der Waals surface area (Å²) in [6.45, 7) is 2.01. The highest BCUT2D eigenvalue weighted by Gasteiger charge is 2.09. The topological polar surface area (TPSA) is 12.4 Å². The van der Waals surface area contributed by atoms with Crippen LogP contribution in [0.5, 0.6) is 0 Å². The van der Waals surface area contributed by atoms with Gasteiger partial charge in [0, 0.05) is 5.71 Å². The predicted molar refractivity (Wildman–Crippen MR) is 47.5 cm³/mol. The van der Waals surface area contributed by atoms with Gasteiger partial charge in [-0.25, -0.2) is 4.39 Å².